The number of fused-ring (bicyclic) bond motifs is 1. The fourth-order valence-electron chi connectivity index (χ4n) is 3.11. The minimum Gasteiger partial charge on any atom is -0.282 e. The maximum atomic E-state index is 13.2. The Bertz CT molecular complexity index is 1220. The van der Waals surface area contributed by atoms with E-state index in [0.29, 0.717) is 28.3 Å². The van der Waals surface area contributed by atoms with E-state index in [0.717, 1.165) is 17.9 Å². The summed E-state index contributed by atoms with van der Waals surface area (Å²) in [6.07, 6.45) is 2.80. The molecule has 0 unspecified atom stereocenters. The summed E-state index contributed by atoms with van der Waals surface area (Å²) in [5.41, 5.74) is 1.40. The molecule has 0 spiro atoms. The van der Waals surface area contributed by atoms with Crippen LogP contribution in [-0.2, 0) is 11.3 Å². The van der Waals surface area contributed by atoms with Crippen molar-refractivity contribution in [3.8, 4) is 0 Å². The number of nitrogens with zero attached hydrogens (tertiary/aromatic N) is 4. The molecule has 0 fully saturated rings. The van der Waals surface area contributed by atoms with Crippen molar-refractivity contribution in [3.05, 3.63) is 88.7 Å². The summed E-state index contributed by atoms with van der Waals surface area (Å²) in [7, 11) is 0. The molecule has 4 aromatic rings. The van der Waals surface area contributed by atoms with Crippen molar-refractivity contribution in [2.45, 2.75) is 24.3 Å². The third-order valence-electron chi connectivity index (χ3n) is 4.70. The van der Waals surface area contributed by atoms with Crippen LogP contribution in [0.4, 0.5) is 10.8 Å². The first kappa shape index (κ1) is 21.9. The standard InChI is InChI=1S/C23H20N4O3S2/c28-22(10-6-14-31-19-8-2-1-3-9-19)26(16-17-7-4-5-13-24-17)23-25-20-12-11-18(27(29)30)15-21(20)32-23/h1-5,7-9,11-13,15H,6,10,14,16H2. The van der Waals surface area contributed by atoms with E-state index in [-0.39, 0.29) is 11.6 Å². The van der Waals surface area contributed by atoms with Gasteiger partial charge in [-0.05, 0) is 42.5 Å². The smallest absolute Gasteiger partial charge is 0.270 e. The van der Waals surface area contributed by atoms with Crippen LogP contribution in [0.5, 0.6) is 0 Å². The number of pyridine rings is 1. The Morgan fingerprint density at radius 3 is 2.66 bits per heavy atom. The Morgan fingerprint density at radius 1 is 1.09 bits per heavy atom. The molecular weight excluding hydrogens is 444 g/mol. The summed E-state index contributed by atoms with van der Waals surface area (Å²) >= 11 is 3.00. The highest BCUT2D eigenvalue weighted by Crippen LogP contribution is 2.32. The molecule has 2 aromatic carbocycles. The number of non-ortho nitro benzene ring substituents is 1. The molecule has 0 aliphatic carbocycles. The van der Waals surface area contributed by atoms with Gasteiger partial charge >= 0.3 is 0 Å². The monoisotopic (exact) mass is 464 g/mol. The van der Waals surface area contributed by atoms with Gasteiger partial charge < -0.3 is 0 Å². The van der Waals surface area contributed by atoms with E-state index >= 15 is 0 Å². The van der Waals surface area contributed by atoms with Crippen LogP contribution in [0.25, 0.3) is 10.2 Å². The third-order valence-corrected chi connectivity index (χ3v) is 6.84. The molecule has 0 bridgehead atoms. The zero-order valence-corrected chi connectivity index (χ0v) is 18.7. The highest BCUT2D eigenvalue weighted by molar-refractivity contribution is 7.99. The Labute approximate surface area is 193 Å². The second kappa shape index (κ2) is 10.3. The highest BCUT2D eigenvalue weighted by atomic mass is 32.2. The maximum absolute atomic E-state index is 13.2. The van der Waals surface area contributed by atoms with Gasteiger partial charge in [0.15, 0.2) is 5.13 Å². The summed E-state index contributed by atoms with van der Waals surface area (Å²) in [5, 5.41) is 11.6. The number of amides is 1. The van der Waals surface area contributed by atoms with E-state index in [2.05, 4.69) is 22.1 Å². The lowest BCUT2D eigenvalue weighted by atomic mass is 10.2. The van der Waals surface area contributed by atoms with Crippen LogP contribution >= 0.6 is 23.1 Å². The molecule has 0 N–H and O–H groups in total. The molecule has 9 heteroatoms. The largest absolute Gasteiger partial charge is 0.282 e. The van der Waals surface area contributed by atoms with E-state index in [1.165, 1.54) is 28.4 Å². The van der Waals surface area contributed by atoms with Crippen molar-refractivity contribution in [3.63, 3.8) is 0 Å². The first-order valence-electron chi connectivity index (χ1n) is 10.0. The minimum atomic E-state index is -0.431. The van der Waals surface area contributed by atoms with Gasteiger partial charge in [-0.2, -0.15) is 0 Å². The minimum absolute atomic E-state index is 0.00763. The van der Waals surface area contributed by atoms with Gasteiger partial charge in [-0.1, -0.05) is 35.6 Å². The number of rotatable bonds is 9. The number of benzene rings is 2. The average Bonchev–Trinajstić information content (AvgIpc) is 3.24. The lowest BCUT2D eigenvalue weighted by Crippen LogP contribution is -2.30. The van der Waals surface area contributed by atoms with Gasteiger partial charge in [-0.3, -0.25) is 24.8 Å². The summed E-state index contributed by atoms with van der Waals surface area (Å²) in [4.78, 5) is 35.6. The van der Waals surface area contributed by atoms with Crippen molar-refractivity contribution in [1.82, 2.24) is 9.97 Å². The molecule has 0 saturated heterocycles. The number of hydrogen-bond acceptors (Lipinski definition) is 7. The number of nitro groups is 1. The van der Waals surface area contributed by atoms with Gasteiger partial charge in [-0.25, -0.2) is 4.98 Å². The predicted molar refractivity (Wildman–Crippen MR) is 128 cm³/mol. The van der Waals surface area contributed by atoms with Crippen molar-refractivity contribution in [2.24, 2.45) is 0 Å². The molecule has 162 valence electrons. The van der Waals surface area contributed by atoms with E-state index < -0.39 is 4.92 Å². The van der Waals surface area contributed by atoms with Gasteiger partial charge in [0.05, 0.1) is 27.4 Å². The number of carbonyl (C=O) groups excluding carboxylic acids is 1. The van der Waals surface area contributed by atoms with Crippen LogP contribution in [0.1, 0.15) is 18.5 Å². The fourth-order valence-corrected chi connectivity index (χ4v) is 5.00. The fraction of sp³-hybridized carbons (Fsp3) is 0.174. The number of anilines is 1. The molecule has 0 radical (unpaired) electrons. The molecule has 32 heavy (non-hydrogen) atoms. The zero-order valence-electron chi connectivity index (χ0n) is 17.1. The Hall–Kier alpha value is -3.30. The van der Waals surface area contributed by atoms with E-state index in [9.17, 15) is 14.9 Å². The second-order valence-corrected chi connectivity index (χ2v) is 9.15. The first-order valence-corrected chi connectivity index (χ1v) is 11.8. The molecule has 4 rings (SSSR count). The summed E-state index contributed by atoms with van der Waals surface area (Å²) in [6.45, 7) is 0.299. The molecular formula is C23H20N4O3S2. The van der Waals surface area contributed by atoms with E-state index in [1.807, 2.05) is 36.4 Å². The Kier molecular flexibility index (Phi) is 7.08. The summed E-state index contributed by atoms with van der Waals surface area (Å²) < 4.78 is 0.674. The van der Waals surface area contributed by atoms with Gasteiger partial charge in [-0.15, -0.1) is 11.8 Å². The summed E-state index contributed by atoms with van der Waals surface area (Å²) in [5.74, 6) is 0.789. The third kappa shape index (κ3) is 5.49. The zero-order chi connectivity index (χ0) is 22.3. The van der Waals surface area contributed by atoms with Crippen molar-refractivity contribution in [1.29, 1.82) is 0 Å². The van der Waals surface area contributed by atoms with Crippen molar-refractivity contribution >= 4 is 50.0 Å². The molecule has 0 atom stereocenters. The lowest BCUT2D eigenvalue weighted by molar-refractivity contribution is -0.384. The van der Waals surface area contributed by atoms with Crippen LogP contribution in [0, 0.1) is 10.1 Å². The second-order valence-electron chi connectivity index (χ2n) is 6.97. The molecule has 0 saturated carbocycles. The van der Waals surface area contributed by atoms with E-state index in [1.54, 1.807) is 28.9 Å². The average molecular weight is 465 g/mol. The van der Waals surface area contributed by atoms with Crippen LogP contribution in [-0.4, -0.2) is 26.6 Å². The van der Waals surface area contributed by atoms with E-state index in [4.69, 9.17) is 0 Å². The molecule has 0 aliphatic heterocycles. The Balaban J connectivity index is 1.51. The summed E-state index contributed by atoms with van der Waals surface area (Å²) in [6, 6.07) is 20.2. The molecule has 2 heterocycles. The number of nitro benzene ring substituents is 1. The quantitative estimate of drug-likeness (QED) is 0.136. The number of thiazole rings is 1. The van der Waals surface area contributed by atoms with Crippen LogP contribution in [0.2, 0.25) is 0 Å². The molecule has 0 aliphatic rings. The highest BCUT2D eigenvalue weighted by Gasteiger charge is 2.21. The van der Waals surface area contributed by atoms with Crippen LogP contribution < -0.4 is 4.90 Å². The SMILES string of the molecule is O=C(CCCSc1ccccc1)N(Cc1ccccn1)c1nc2ccc([N+](=O)[O-])cc2s1. The number of hydrogen-bond donors (Lipinski definition) is 0. The van der Waals surface area contributed by atoms with Crippen molar-refractivity contribution in [2.75, 3.05) is 10.7 Å². The van der Waals surface area contributed by atoms with Gasteiger partial charge in [0.25, 0.3) is 5.69 Å². The van der Waals surface area contributed by atoms with Crippen molar-refractivity contribution < 1.29 is 9.72 Å². The van der Waals surface area contributed by atoms with Crippen LogP contribution in [0.3, 0.4) is 0 Å². The van der Waals surface area contributed by atoms with Gasteiger partial charge in [0.1, 0.15) is 0 Å². The van der Waals surface area contributed by atoms with Crippen LogP contribution in [0.15, 0.2) is 77.8 Å². The maximum Gasteiger partial charge on any atom is 0.270 e. The predicted octanol–water partition coefficient (Wildman–Crippen LogP) is 5.71. The molecule has 2 aromatic heterocycles. The van der Waals surface area contributed by atoms with Gasteiger partial charge in [0, 0.05) is 29.6 Å². The topological polar surface area (TPSA) is 89.2 Å². The lowest BCUT2D eigenvalue weighted by Gasteiger charge is -2.19. The normalized spacial score (nSPS) is 10.9. The molecule has 7 nitrogen and oxygen atoms in total. The first-order chi connectivity index (χ1) is 15.6. The molecule has 1 amide bonds. The Morgan fingerprint density at radius 2 is 1.91 bits per heavy atom. The van der Waals surface area contributed by atoms with Gasteiger partial charge in [0.2, 0.25) is 5.91 Å². The number of carbonyl (C=O) groups is 1. The number of thioether (sulfide) groups is 1. The number of aromatic nitrogens is 2.